The molecule has 0 saturated heterocycles. The third-order valence-electron chi connectivity index (χ3n) is 3.72. The summed E-state index contributed by atoms with van der Waals surface area (Å²) in [7, 11) is 0. The molecule has 0 aromatic heterocycles. The van der Waals surface area contributed by atoms with Crippen molar-refractivity contribution in [3.05, 3.63) is 29.8 Å². The Hall–Kier alpha value is -1.72. The molecule has 1 atom stereocenters. The van der Waals surface area contributed by atoms with Crippen LogP contribution >= 0.6 is 0 Å². The predicted octanol–water partition coefficient (Wildman–Crippen LogP) is 5.76. The first kappa shape index (κ1) is 27.3. The molecule has 0 spiro atoms. The average molecular weight is 509 g/mol. The summed E-state index contributed by atoms with van der Waals surface area (Å²) in [6, 6.07) is -0.118. The van der Waals surface area contributed by atoms with E-state index >= 15 is 0 Å². The van der Waals surface area contributed by atoms with E-state index < -0.39 is 69.3 Å². The van der Waals surface area contributed by atoms with E-state index in [1.54, 1.807) is 0 Å². The van der Waals surface area contributed by atoms with Gasteiger partial charge in [-0.15, -0.1) is 0 Å². The van der Waals surface area contributed by atoms with Crippen molar-refractivity contribution in [2.24, 2.45) is 0 Å². The molecular formula is C13H4F15O2S-. The highest BCUT2D eigenvalue weighted by Gasteiger charge is 2.93. The predicted molar refractivity (Wildman–Crippen MR) is 68.3 cm³/mol. The molecule has 180 valence electrons. The van der Waals surface area contributed by atoms with Crippen LogP contribution in [0.3, 0.4) is 0 Å². The largest absolute Gasteiger partial charge is 0.768 e. The minimum absolute atomic E-state index is 0.202. The molecule has 18 heteroatoms. The molecule has 0 N–H and O–H groups in total. The summed E-state index contributed by atoms with van der Waals surface area (Å²) in [5.74, 6) is -47.4. The molecule has 0 aliphatic rings. The molecule has 0 fully saturated rings. The number of hydrogen-bond donors (Lipinski definition) is 0. The Balaban J connectivity index is 3.69. The van der Waals surface area contributed by atoms with Crippen LogP contribution in [0.2, 0.25) is 0 Å². The van der Waals surface area contributed by atoms with Gasteiger partial charge in [0.15, 0.2) is 0 Å². The SMILES string of the molecule is O=S([O-])c1cccc(C(F)(F)C(F)(F)C(F)(F)C(F)(F)C(F)(F)C(F)(F)C(F)(F)F)c1. The molecule has 2 nitrogen and oxygen atoms in total. The van der Waals surface area contributed by atoms with Crippen molar-refractivity contribution in [3.63, 3.8) is 0 Å². The van der Waals surface area contributed by atoms with Crippen molar-refractivity contribution < 1.29 is 74.6 Å². The lowest BCUT2D eigenvalue weighted by Gasteiger charge is -2.41. The van der Waals surface area contributed by atoms with E-state index in [9.17, 15) is 74.6 Å². The van der Waals surface area contributed by atoms with E-state index in [0.29, 0.717) is 6.07 Å². The summed E-state index contributed by atoms with van der Waals surface area (Å²) < 4.78 is 218. The van der Waals surface area contributed by atoms with E-state index in [1.807, 2.05) is 0 Å². The average Bonchev–Trinajstić information content (AvgIpc) is 2.59. The summed E-state index contributed by atoms with van der Waals surface area (Å²) in [6.07, 6.45) is -7.68. The van der Waals surface area contributed by atoms with E-state index in [4.69, 9.17) is 0 Å². The van der Waals surface area contributed by atoms with Crippen LogP contribution in [0, 0.1) is 0 Å². The summed E-state index contributed by atoms with van der Waals surface area (Å²) in [5.41, 5.74) is -2.49. The van der Waals surface area contributed by atoms with Gasteiger partial charge < -0.3 is 4.55 Å². The van der Waals surface area contributed by atoms with Gasteiger partial charge in [0.1, 0.15) is 0 Å². The van der Waals surface area contributed by atoms with Crippen LogP contribution in [-0.4, -0.2) is 44.6 Å². The molecule has 31 heavy (non-hydrogen) atoms. The first-order valence-corrected chi connectivity index (χ1v) is 8.02. The van der Waals surface area contributed by atoms with Crippen LogP contribution in [0.1, 0.15) is 5.56 Å². The molecule has 0 aliphatic heterocycles. The molecule has 0 saturated carbocycles. The molecular weight excluding hydrogens is 505 g/mol. The van der Waals surface area contributed by atoms with E-state index in [1.165, 1.54) is 0 Å². The number of rotatable bonds is 7. The monoisotopic (exact) mass is 509 g/mol. The zero-order chi connectivity index (χ0) is 25.1. The summed E-state index contributed by atoms with van der Waals surface area (Å²) in [6.45, 7) is 0. The van der Waals surface area contributed by atoms with Gasteiger partial charge in [-0.25, -0.2) is 0 Å². The maximum absolute atomic E-state index is 13.9. The molecule has 1 aromatic rings. The molecule has 1 unspecified atom stereocenters. The Morgan fingerprint density at radius 3 is 1.39 bits per heavy atom. The third-order valence-corrected chi connectivity index (χ3v) is 4.36. The summed E-state index contributed by atoms with van der Waals surface area (Å²) in [4.78, 5) is -1.31. The smallest absolute Gasteiger partial charge is 0.460 e. The second-order valence-electron chi connectivity index (χ2n) is 5.71. The topological polar surface area (TPSA) is 40.1 Å². The normalized spacial score (nSPS) is 16.4. The van der Waals surface area contributed by atoms with Crippen molar-refractivity contribution in [2.75, 3.05) is 0 Å². The van der Waals surface area contributed by atoms with E-state index in [2.05, 4.69) is 0 Å². The molecule has 0 aliphatic carbocycles. The van der Waals surface area contributed by atoms with Crippen molar-refractivity contribution >= 4 is 11.1 Å². The van der Waals surface area contributed by atoms with Crippen molar-refractivity contribution in [1.82, 2.24) is 0 Å². The van der Waals surface area contributed by atoms with E-state index in [0.717, 1.165) is 0 Å². The molecule has 0 heterocycles. The lowest BCUT2D eigenvalue weighted by molar-refractivity contribution is -0.453. The van der Waals surface area contributed by atoms with Gasteiger partial charge in [0.25, 0.3) is 0 Å². The van der Waals surface area contributed by atoms with Gasteiger partial charge in [-0.3, -0.25) is 4.21 Å². The van der Waals surface area contributed by atoms with Crippen molar-refractivity contribution in [1.29, 1.82) is 0 Å². The molecule has 1 rings (SSSR count). The molecule has 0 amide bonds. The Morgan fingerprint density at radius 1 is 0.613 bits per heavy atom. The van der Waals surface area contributed by atoms with Crippen molar-refractivity contribution in [3.8, 4) is 0 Å². The molecule has 0 bridgehead atoms. The first-order valence-electron chi connectivity index (χ1n) is 6.94. The van der Waals surface area contributed by atoms with Crippen LogP contribution in [0.15, 0.2) is 29.2 Å². The minimum Gasteiger partial charge on any atom is -0.768 e. The first-order chi connectivity index (χ1) is 13.4. The van der Waals surface area contributed by atoms with Crippen LogP contribution in [0.5, 0.6) is 0 Å². The maximum atomic E-state index is 13.9. The summed E-state index contributed by atoms with van der Waals surface area (Å²) in [5, 5.41) is 0. The zero-order valence-electron chi connectivity index (χ0n) is 13.7. The fourth-order valence-corrected chi connectivity index (χ4v) is 2.36. The van der Waals surface area contributed by atoms with Gasteiger partial charge in [-0.1, -0.05) is 12.1 Å². The van der Waals surface area contributed by atoms with Crippen LogP contribution in [-0.2, 0) is 17.0 Å². The van der Waals surface area contributed by atoms with Crippen molar-refractivity contribution in [2.45, 2.75) is 46.6 Å². The van der Waals surface area contributed by atoms with E-state index in [-0.39, 0.29) is 12.1 Å². The number of halogens is 15. The van der Waals surface area contributed by atoms with Gasteiger partial charge in [0.05, 0.1) is 0 Å². The minimum atomic E-state index is -8.40. The highest BCUT2D eigenvalue weighted by atomic mass is 32.2. The number of alkyl halides is 15. The fraction of sp³-hybridized carbons (Fsp3) is 0.538. The second kappa shape index (κ2) is 7.41. The summed E-state index contributed by atoms with van der Waals surface area (Å²) >= 11 is -3.48. The Labute approximate surface area is 163 Å². The van der Waals surface area contributed by atoms with Crippen LogP contribution < -0.4 is 0 Å². The number of benzene rings is 1. The van der Waals surface area contributed by atoms with Gasteiger partial charge in [-0.2, -0.15) is 65.9 Å². The highest BCUT2D eigenvalue weighted by Crippen LogP contribution is 2.63. The van der Waals surface area contributed by atoms with Gasteiger partial charge in [0.2, 0.25) is 0 Å². The third kappa shape index (κ3) is 3.74. The number of hydrogen-bond acceptors (Lipinski definition) is 2. The molecule has 1 aromatic carbocycles. The standard InChI is InChI=1S/C13H5F15O2S/c14-7(15,5-2-1-3-6(4-5)31(29)30)8(16,17)9(18,19)10(20,21)11(22,23)12(24,25)13(26,27)28/h1-4H,(H,29,30)/p-1. The van der Waals surface area contributed by atoms with Crippen LogP contribution in [0.4, 0.5) is 65.9 Å². The van der Waals surface area contributed by atoms with Gasteiger partial charge >= 0.3 is 41.7 Å². The lowest BCUT2D eigenvalue weighted by atomic mass is 9.88. The fourth-order valence-electron chi connectivity index (χ4n) is 1.94. The Kier molecular flexibility index (Phi) is 6.53. The van der Waals surface area contributed by atoms with Gasteiger partial charge in [0, 0.05) is 10.5 Å². The highest BCUT2D eigenvalue weighted by molar-refractivity contribution is 7.79. The Bertz CT molecular complexity index is 846. The zero-order valence-corrected chi connectivity index (χ0v) is 14.5. The second-order valence-corrected chi connectivity index (χ2v) is 6.65. The Morgan fingerprint density at radius 2 is 1.00 bits per heavy atom. The van der Waals surface area contributed by atoms with Gasteiger partial charge in [-0.05, 0) is 23.2 Å². The van der Waals surface area contributed by atoms with Crippen LogP contribution in [0.25, 0.3) is 0 Å². The lowest BCUT2D eigenvalue weighted by Crippen LogP contribution is -2.72. The quantitative estimate of drug-likeness (QED) is 0.347. The molecule has 0 radical (unpaired) electrons. The maximum Gasteiger partial charge on any atom is 0.460 e.